The van der Waals surface area contributed by atoms with Gasteiger partial charge in [0.25, 0.3) is 0 Å². The molecule has 0 spiro atoms. The van der Waals surface area contributed by atoms with Crippen LogP contribution >= 0.6 is 0 Å². The predicted molar refractivity (Wildman–Crippen MR) is 267 cm³/mol. The molecule has 0 aromatic heterocycles. The van der Waals surface area contributed by atoms with Crippen LogP contribution in [0.3, 0.4) is 0 Å². The Morgan fingerprint density at radius 3 is 1.73 bits per heavy atom. The summed E-state index contributed by atoms with van der Waals surface area (Å²) < 4.78 is 41.1. The van der Waals surface area contributed by atoms with Gasteiger partial charge in [-0.3, -0.25) is 4.79 Å². The first-order valence-electron chi connectivity index (χ1n) is 23.0. The molecule has 0 amide bonds. The van der Waals surface area contributed by atoms with Gasteiger partial charge >= 0.3 is 0 Å². The van der Waals surface area contributed by atoms with Crippen LogP contribution in [0.5, 0.6) is 0 Å². The van der Waals surface area contributed by atoms with E-state index in [1.165, 1.54) is 0 Å². The fraction of sp³-hybridized carbons (Fsp3) is 0.635. The van der Waals surface area contributed by atoms with Gasteiger partial charge in [-0.25, -0.2) is 0 Å². The Kier molecular flexibility index (Phi) is 19.4. The molecule has 0 aliphatic carbocycles. The second kappa shape index (κ2) is 22.3. The van der Waals surface area contributed by atoms with Crippen molar-refractivity contribution in [3.05, 3.63) is 108 Å². The third kappa shape index (κ3) is 15.7. The van der Waals surface area contributed by atoms with E-state index in [-0.39, 0.29) is 51.5 Å². The molecule has 0 N–H and O–H groups in total. The fourth-order valence-corrected chi connectivity index (χ4v) is 10.6. The molecule has 2 aromatic carbocycles. The van der Waals surface area contributed by atoms with E-state index in [0.717, 1.165) is 22.3 Å². The SMILES string of the molecule is C=C(CC[C@@H](COCc1ccccc1)O[Si](C)(C)C(C)(C)C)C(=O)C[C@@H](C)C(=C)[C@@H](O[Si](C)(C)C(C)(C)C)[C@H]1O[C@@H](COCc2ccccc2)C(=C)C[C@@H]1O[Si](C)(C)C(C)(C)C. The maximum atomic E-state index is 14.1. The lowest BCUT2D eigenvalue weighted by molar-refractivity contribution is -0.140. The van der Waals surface area contributed by atoms with Crippen molar-refractivity contribution in [2.24, 2.45) is 5.92 Å². The predicted octanol–water partition coefficient (Wildman–Crippen LogP) is 13.8. The van der Waals surface area contributed by atoms with Crippen LogP contribution in [0, 0.1) is 5.92 Å². The molecule has 62 heavy (non-hydrogen) atoms. The van der Waals surface area contributed by atoms with Crippen molar-refractivity contribution in [2.75, 3.05) is 13.2 Å². The maximum Gasteiger partial charge on any atom is 0.193 e. The molecule has 10 heteroatoms. The number of benzene rings is 2. The third-order valence-corrected chi connectivity index (χ3v) is 27.6. The van der Waals surface area contributed by atoms with Gasteiger partial charge in [0.1, 0.15) is 12.2 Å². The van der Waals surface area contributed by atoms with Gasteiger partial charge in [0, 0.05) is 6.42 Å². The number of allylic oxidation sites excluding steroid dienone is 1. The van der Waals surface area contributed by atoms with Crippen molar-refractivity contribution in [1.29, 1.82) is 0 Å². The minimum absolute atomic E-state index is 0.0237. The molecule has 6 atom stereocenters. The van der Waals surface area contributed by atoms with E-state index in [2.05, 4.69) is 146 Å². The molecule has 1 aliphatic rings. The molecule has 1 aliphatic heterocycles. The van der Waals surface area contributed by atoms with Crippen LogP contribution in [0.1, 0.15) is 106 Å². The Bertz CT molecular complexity index is 1750. The number of carbonyl (C=O) groups is 1. The quantitative estimate of drug-likeness (QED) is 0.0625. The lowest BCUT2D eigenvalue weighted by Gasteiger charge is -2.49. The second-order valence-electron chi connectivity index (χ2n) is 22.4. The summed E-state index contributed by atoms with van der Waals surface area (Å²) in [5.74, 6) is -0.183. The van der Waals surface area contributed by atoms with Gasteiger partial charge in [0.2, 0.25) is 0 Å². The standard InChI is InChI=1S/C52H86O7Si3/c1-38(30-31-44(57-60(14,15)50(5,6)7)36-54-34-42-26-22-20-23-27-42)45(53)32-39(2)41(4)48(59-62(18,19)52(11,12)13)49-46(58-61(16,17)51(8,9)10)33-40(3)47(56-49)37-55-35-43-28-24-21-25-29-43/h20-29,39,44,46-49H,1,3-4,30-37H2,2,5-19H3/t39-,44+,46+,47+,48-,49+/m1/s1. The van der Waals surface area contributed by atoms with Crippen molar-refractivity contribution in [1.82, 2.24) is 0 Å². The van der Waals surface area contributed by atoms with Gasteiger partial charge in [0.05, 0.1) is 44.7 Å². The maximum absolute atomic E-state index is 14.1. The lowest BCUT2D eigenvalue weighted by atomic mass is 9.85. The van der Waals surface area contributed by atoms with Crippen molar-refractivity contribution in [3.8, 4) is 0 Å². The summed E-state index contributed by atoms with van der Waals surface area (Å²) in [4.78, 5) is 14.1. The second-order valence-corrected chi connectivity index (χ2v) is 36.7. The van der Waals surface area contributed by atoms with Crippen molar-refractivity contribution in [3.63, 3.8) is 0 Å². The summed E-state index contributed by atoms with van der Waals surface area (Å²) in [5, 5.41) is -0.0708. The summed E-state index contributed by atoms with van der Waals surface area (Å²) in [6.07, 6.45) is 0.260. The number of hydrogen-bond acceptors (Lipinski definition) is 7. The highest BCUT2D eigenvalue weighted by Gasteiger charge is 2.50. The first-order valence-corrected chi connectivity index (χ1v) is 31.7. The Hall–Kier alpha value is -2.26. The molecule has 1 fully saturated rings. The number of ether oxygens (including phenoxy) is 3. The number of rotatable bonds is 23. The van der Waals surface area contributed by atoms with Crippen LogP contribution in [-0.4, -0.2) is 74.5 Å². The Morgan fingerprint density at radius 1 is 0.742 bits per heavy atom. The van der Waals surface area contributed by atoms with Crippen LogP contribution in [-0.2, 0) is 45.5 Å². The van der Waals surface area contributed by atoms with Gasteiger partial charge in [-0.2, -0.15) is 0 Å². The molecular formula is C52H86O7Si3. The van der Waals surface area contributed by atoms with Crippen LogP contribution < -0.4 is 0 Å². The summed E-state index contributed by atoms with van der Waals surface area (Å²) in [5.41, 5.74) is 4.62. The van der Waals surface area contributed by atoms with E-state index in [4.69, 9.17) is 34.1 Å². The van der Waals surface area contributed by atoms with E-state index in [1.54, 1.807) is 0 Å². The third-order valence-electron chi connectivity index (χ3n) is 14.1. The summed E-state index contributed by atoms with van der Waals surface area (Å²) in [6, 6.07) is 20.4. The minimum atomic E-state index is -2.41. The molecule has 3 rings (SSSR count). The molecule has 2 aromatic rings. The zero-order valence-electron chi connectivity index (χ0n) is 41.9. The molecule has 0 radical (unpaired) electrons. The summed E-state index contributed by atoms with van der Waals surface area (Å²) in [7, 11) is -6.80. The smallest absolute Gasteiger partial charge is 0.193 e. The van der Waals surface area contributed by atoms with Crippen LogP contribution in [0.2, 0.25) is 54.4 Å². The van der Waals surface area contributed by atoms with Crippen LogP contribution in [0.4, 0.5) is 0 Å². The number of hydrogen-bond donors (Lipinski definition) is 0. The van der Waals surface area contributed by atoms with E-state index in [0.29, 0.717) is 51.3 Å². The van der Waals surface area contributed by atoms with Crippen molar-refractivity contribution < 1.29 is 32.3 Å². The van der Waals surface area contributed by atoms with Crippen LogP contribution in [0.15, 0.2) is 97.1 Å². The largest absolute Gasteiger partial charge is 0.412 e. The molecular weight excluding hydrogens is 821 g/mol. The normalized spacial score (nSPS) is 19.8. The van der Waals surface area contributed by atoms with Gasteiger partial charge in [-0.15, -0.1) is 0 Å². The van der Waals surface area contributed by atoms with E-state index in [1.807, 2.05) is 36.4 Å². The zero-order chi connectivity index (χ0) is 46.9. The first-order chi connectivity index (χ1) is 28.5. The van der Waals surface area contributed by atoms with E-state index in [9.17, 15) is 4.79 Å². The highest BCUT2D eigenvalue weighted by Crippen LogP contribution is 2.45. The molecule has 0 unspecified atom stereocenters. The van der Waals surface area contributed by atoms with E-state index >= 15 is 0 Å². The number of Topliss-reactive ketones (excluding diaryl/α,β-unsaturated/α-hetero) is 1. The average molecular weight is 908 g/mol. The number of carbonyl (C=O) groups excluding carboxylic acids is 1. The molecule has 0 saturated carbocycles. The minimum Gasteiger partial charge on any atom is -0.412 e. The van der Waals surface area contributed by atoms with Gasteiger partial charge < -0.3 is 27.5 Å². The van der Waals surface area contributed by atoms with Gasteiger partial charge in [-0.1, -0.05) is 150 Å². The van der Waals surface area contributed by atoms with Gasteiger partial charge in [-0.05, 0) is 107 Å². The molecule has 348 valence electrons. The van der Waals surface area contributed by atoms with E-state index < -0.39 is 37.2 Å². The first kappa shape index (κ1) is 54.1. The summed E-state index contributed by atoms with van der Waals surface area (Å²) in [6.45, 7) is 51.4. The van der Waals surface area contributed by atoms with Gasteiger partial charge in [0.15, 0.2) is 30.7 Å². The highest BCUT2D eigenvalue weighted by atomic mass is 28.4. The average Bonchev–Trinajstić information content (AvgIpc) is 3.15. The summed E-state index contributed by atoms with van der Waals surface area (Å²) >= 11 is 0. The van der Waals surface area contributed by atoms with Crippen molar-refractivity contribution in [2.45, 2.75) is 193 Å². The fourth-order valence-electron chi connectivity index (χ4n) is 6.63. The zero-order valence-corrected chi connectivity index (χ0v) is 44.9. The Morgan fingerprint density at radius 2 is 1.23 bits per heavy atom. The number of ketones is 1. The molecule has 0 bridgehead atoms. The Labute approximate surface area is 381 Å². The monoisotopic (exact) mass is 907 g/mol. The van der Waals surface area contributed by atoms with Crippen LogP contribution in [0.25, 0.3) is 0 Å². The molecule has 1 heterocycles. The van der Waals surface area contributed by atoms with Crippen molar-refractivity contribution >= 4 is 30.7 Å². The molecule has 7 nitrogen and oxygen atoms in total. The molecule has 1 saturated heterocycles. The lowest BCUT2D eigenvalue weighted by Crippen LogP contribution is -2.58. The Balaban J connectivity index is 1.87. The topological polar surface area (TPSA) is 72.5 Å². The highest BCUT2D eigenvalue weighted by molar-refractivity contribution is 6.75.